The number of aldehydes is 1. The predicted octanol–water partition coefficient (Wildman–Crippen LogP) is 2.20. The maximum atomic E-state index is 10.3. The van der Waals surface area contributed by atoms with Gasteiger partial charge < -0.3 is 4.52 Å². The van der Waals surface area contributed by atoms with Crippen LogP contribution in [0.1, 0.15) is 10.7 Å². The van der Waals surface area contributed by atoms with Crippen molar-refractivity contribution in [2.45, 2.75) is 0 Å². The number of nitrogens with zero attached hydrogens (tertiary/aromatic N) is 2. The quantitative estimate of drug-likeness (QED) is 0.710. The summed E-state index contributed by atoms with van der Waals surface area (Å²) in [6, 6.07) is 7.07. The second-order valence-corrected chi connectivity index (χ2v) is 2.96. The molecule has 1 aromatic heterocycles. The minimum Gasteiger partial charge on any atom is -0.331 e. The van der Waals surface area contributed by atoms with Gasteiger partial charge in [0.15, 0.2) is 0 Å². The molecule has 1 heterocycles. The lowest BCUT2D eigenvalue weighted by atomic mass is 10.2. The molecule has 5 heteroatoms. The molecule has 70 valence electrons. The van der Waals surface area contributed by atoms with Crippen LogP contribution < -0.4 is 0 Å². The summed E-state index contributed by atoms with van der Waals surface area (Å²) in [4.78, 5) is 14.1. The molecule has 0 saturated carbocycles. The third-order valence-electron chi connectivity index (χ3n) is 1.66. The molecule has 0 fully saturated rings. The van der Waals surface area contributed by atoms with Gasteiger partial charge in [-0.05, 0) is 12.1 Å². The van der Waals surface area contributed by atoms with E-state index < -0.39 is 0 Å². The van der Waals surface area contributed by atoms with Gasteiger partial charge in [-0.1, -0.05) is 28.9 Å². The van der Waals surface area contributed by atoms with Gasteiger partial charge in [-0.15, -0.1) is 0 Å². The van der Waals surface area contributed by atoms with E-state index in [1.54, 1.807) is 24.3 Å². The SMILES string of the molecule is O=Cc1nc(-c2ccccc2Cl)no1. The van der Waals surface area contributed by atoms with Crippen molar-refractivity contribution in [1.29, 1.82) is 0 Å². The number of rotatable bonds is 2. The van der Waals surface area contributed by atoms with Crippen LogP contribution in [-0.4, -0.2) is 16.4 Å². The Morgan fingerprint density at radius 2 is 2.14 bits per heavy atom. The maximum Gasteiger partial charge on any atom is 0.291 e. The minimum atomic E-state index is -0.0556. The Bertz CT molecular complexity index is 467. The molecule has 0 aliphatic rings. The number of benzene rings is 1. The van der Waals surface area contributed by atoms with E-state index in [0.717, 1.165) is 0 Å². The summed E-state index contributed by atoms with van der Waals surface area (Å²) in [5.41, 5.74) is 0.644. The molecule has 0 aliphatic carbocycles. The fourth-order valence-electron chi connectivity index (χ4n) is 1.04. The Labute approximate surface area is 84.5 Å². The van der Waals surface area contributed by atoms with Crippen LogP contribution in [0.5, 0.6) is 0 Å². The topological polar surface area (TPSA) is 56.0 Å². The average Bonchev–Trinajstić information content (AvgIpc) is 2.67. The molecule has 2 aromatic rings. The third kappa shape index (κ3) is 1.52. The first-order valence-corrected chi connectivity index (χ1v) is 4.23. The summed E-state index contributed by atoms with van der Waals surface area (Å²) in [5.74, 6) is 0.262. The Kier molecular flexibility index (Phi) is 2.28. The molecule has 0 N–H and O–H groups in total. The number of carbonyl (C=O) groups is 1. The number of carbonyl (C=O) groups excluding carboxylic acids is 1. The molecule has 2 rings (SSSR count). The van der Waals surface area contributed by atoms with Crippen molar-refractivity contribution in [2.75, 3.05) is 0 Å². The Morgan fingerprint density at radius 3 is 2.79 bits per heavy atom. The highest BCUT2D eigenvalue weighted by atomic mass is 35.5. The van der Waals surface area contributed by atoms with Gasteiger partial charge in [-0.2, -0.15) is 4.98 Å². The summed E-state index contributed by atoms with van der Waals surface area (Å²) < 4.78 is 4.64. The number of hydrogen-bond donors (Lipinski definition) is 0. The summed E-state index contributed by atoms with van der Waals surface area (Å²) in [6.45, 7) is 0. The molecule has 14 heavy (non-hydrogen) atoms. The number of hydrogen-bond acceptors (Lipinski definition) is 4. The molecular formula is C9H5ClN2O2. The van der Waals surface area contributed by atoms with E-state index in [1.165, 1.54) is 0 Å². The van der Waals surface area contributed by atoms with E-state index in [4.69, 9.17) is 11.6 Å². The Balaban J connectivity index is 2.49. The van der Waals surface area contributed by atoms with Crippen LogP contribution in [0, 0.1) is 0 Å². The van der Waals surface area contributed by atoms with Gasteiger partial charge in [-0.3, -0.25) is 4.79 Å². The fraction of sp³-hybridized carbons (Fsp3) is 0. The van der Waals surface area contributed by atoms with Crippen LogP contribution in [0.25, 0.3) is 11.4 Å². The first kappa shape index (κ1) is 8.90. The van der Waals surface area contributed by atoms with Gasteiger partial charge >= 0.3 is 0 Å². The van der Waals surface area contributed by atoms with Crippen LogP contribution >= 0.6 is 11.6 Å². The smallest absolute Gasteiger partial charge is 0.291 e. The first-order chi connectivity index (χ1) is 6.81. The van der Waals surface area contributed by atoms with E-state index in [0.29, 0.717) is 22.7 Å². The Hall–Kier alpha value is -1.68. The van der Waals surface area contributed by atoms with E-state index >= 15 is 0 Å². The van der Waals surface area contributed by atoms with E-state index in [2.05, 4.69) is 14.7 Å². The number of halogens is 1. The molecule has 0 saturated heterocycles. The lowest BCUT2D eigenvalue weighted by Gasteiger charge is -1.95. The lowest BCUT2D eigenvalue weighted by molar-refractivity contribution is 0.108. The molecule has 1 aromatic carbocycles. The molecule has 0 amide bonds. The normalized spacial score (nSPS) is 10.1. The van der Waals surface area contributed by atoms with E-state index in [-0.39, 0.29) is 5.89 Å². The van der Waals surface area contributed by atoms with Crippen molar-refractivity contribution >= 4 is 17.9 Å². The van der Waals surface area contributed by atoms with E-state index in [1.807, 2.05) is 0 Å². The molecule has 0 bridgehead atoms. The lowest BCUT2D eigenvalue weighted by Crippen LogP contribution is -1.82. The van der Waals surface area contributed by atoms with E-state index in [9.17, 15) is 4.79 Å². The first-order valence-electron chi connectivity index (χ1n) is 3.85. The van der Waals surface area contributed by atoms with Crippen molar-refractivity contribution in [3.63, 3.8) is 0 Å². The van der Waals surface area contributed by atoms with Gasteiger partial charge in [0.05, 0.1) is 5.02 Å². The van der Waals surface area contributed by atoms with Crippen LogP contribution in [0.15, 0.2) is 28.8 Å². The summed E-state index contributed by atoms with van der Waals surface area (Å²) >= 11 is 5.90. The summed E-state index contributed by atoms with van der Waals surface area (Å²) in [6.07, 6.45) is 0.493. The summed E-state index contributed by atoms with van der Waals surface area (Å²) in [7, 11) is 0. The standard InChI is InChI=1S/C9H5ClN2O2/c10-7-4-2-1-3-6(7)9-11-8(5-13)14-12-9/h1-5H. The summed E-state index contributed by atoms with van der Waals surface area (Å²) in [5, 5.41) is 4.14. The molecule has 0 radical (unpaired) electrons. The molecule has 0 unspecified atom stereocenters. The molecule has 0 atom stereocenters. The van der Waals surface area contributed by atoms with Gasteiger partial charge in [0.25, 0.3) is 5.89 Å². The van der Waals surface area contributed by atoms with Crippen molar-refractivity contribution < 1.29 is 9.32 Å². The highest BCUT2D eigenvalue weighted by Gasteiger charge is 2.09. The zero-order chi connectivity index (χ0) is 9.97. The Morgan fingerprint density at radius 1 is 1.36 bits per heavy atom. The fourth-order valence-corrected chi connectivity index (χ4v) is 1.26. The van der Waals surface area contributed by atoms with Crippen LogP contribution in [0.4, 0.5) is 0 Å². The predicted molar refractivity (Wildman–Crippen MR) is 50.1 cm³/mol. The number of aromatic nitrogens is 2. The zero-order valence-corrected chi connectivity index (χ0v) is 7.73. The zero-order valence-electron chi connectivity index (χ0n) is 6.98. The van der Waals surface area contributed by atoms with Crippen LogP contribution in [0.2, 0.25) is 5.02 Å². The largest absolute Gasteiger partial charge is 0.331 e. The van der Waals surface area contributed by atoms with Crippen molar-refractivity contribution in [3.8, 4) is 11.4 Å². The average molecular weight is 209 g/mol. The van der Waals surface area contributed by atoms with Gasteiger partial charge in [0.1, 0.15) is 0 Å². The van der Waals surface area contributed by atoms with Crippen molar-refractivity contribution in [2.24, 2.45) is 0 Å². The van der Waals surface area contributed by atoms with Gasteiger partial charge in [0.2, 0.25) is 12.1 Å². The highest BCUT2D eigenvalue weighted by molar-refractivity contribution is 6.33. The highest BCUT2D eigenvalue weighted by Crippen LogP contribution is 2.24. The molecular weight excluding hydrogens is 204 g/mol. The van der Waals surface area contributed by atoms with Crippen molar-refractivity contribution in [1.82, 2.24) is 10.1 Å². The minimum absolute atomic E-state index is 0.0556. The molecule has 4 nitrogen and oxygen atoms in total. The second kappa shape index (κ2) is 3.59. The monoisotopic (exact) mass is 208 g/mol. The van der Waals surface area contributed by atoms with Crippen molar-refractivity contribution in [3.05, 3.63) is 35.2 Å². The third-order valence-corrected chi connectivity index (χ3v) is 1.99. The van der Waals surface area contributed by atoms with Crippen LogP contribution in [0.3, 0.4) is 0 Å². The molecule has 0 spiro atoms. The van der Waals surface area contributed by atoms with Crippen LogP contribution in [-0.2, 0) is 0 Å². The van der Waals surface area contributed by atoms with Gasteiger partial charge in [0, 0.05) is 5.56 Å². The molecule has 0 aliphatic heterocycles. The maximum absolute atomic E-state index is 10.3. The second-order valence-electron chi connectivity index (χ2n) is 2.55. The van der Waals surface area contributed by atoms with Gasteiger partial charge in [-0.25, -0.2) is 0 Å².